The summed E-state index contributed by atoms with van der Waals surface area (Å²) in [5.74, 6) is 1.93. The van der Waals surface area contributed by atoms with Gasteiger partial charge in [0.05, 0.1) is 16.8 Å². The number of hydrogen-bond donors (Lipinski definition) is 1. The number of carbonyl (C=O) groups is 1. The van der Waals surface area contributed by atoms with Crippen molar-refractivity contribution in [2.75, 3.05) is 25.5 Å². The van der Waals surface area contributed by atoms with Crippen LogP contribution in [0.3, 0.4) is 0 Å². The average Bonchev–Trinajstić information content (AvgIpc) is 3.09. The molecule has 0 radical (unpaired) electrons. The van der Waals surface area contributed by atoms with Crippen molar-refractivity contribution >= 4 is 28.7 Å². The summed E-state index contributed by atoms with van der Waals surface area (Å²) in [4.78, 5) is 16.9. The lowest BCUT2D eigenvalue weighted by Crippen LogP contribution is -2.27. The van der Waals surface area contributed by atoms with Crippen LogP contribution in [0.25, 0.3) is 11.0 Å². The molecule has 4 rings (SSSR count). The van der Waals surface area contributed by atoms with Crippen molar-refractivity contribution < 1.29 is 14.3 Å². The minimum Gasteiger partial charge on any atom is -0.486 e. The molecule has 0 saturated heterocycles. The second kappa shape index (κ2) is 8.56. The molecular weight excluding hydrogens is 374 g/mol. The quantitative estimate of drug-likeness (QED) is 0.620. The second-order valence-corrected chi connectivity index (χ2v) is 7.44. The van der Waals surface area contributed by atoms with Gasteiger partial charge in [0.1, 0.15) is 13.2 Å². The zero-order chi connectivity index (χ0) is 19.3. The zero-order valence-corrected chi connectivity index (χ0v) is 16.6. The van der Waals surface area contributed by atoms with Crippen LogP contribution in [-0.2, 0) is 17.8 Å². The highest BCUT2D eigenvalue weighted by atomic mass is 32.2. The van der Waals surface area contributed by atoms with Crippen molar-refractivity contribution in [1.82, 2.24) is 14.9 Å². The fourth-order valence-corrected chi connectivity index (χ4v) is 4.15. The molecule has 6 nitrogen and oxygen atoms in total. The first-order chi connectivity index (χ1) is 13.7. The van der Waals surface area contributed by atoms with Crippen molar-refractivity contribution in [3.63, 3.8) is 0 Å². The van der Waals surface area contributed by atoms with E-state index in [9.17, 15) is 4.79 Å². The van der Waals surface area contributed by atoms with Gasteiger partial charge in [-0.25, -0.2) is 4.98 Å². The van der Waals surface area contributed by atoms with E-state index in [-0.39, 0.29) is 5.91 Å². The van der Waals surface area contributed by atoms with E-state index in [0.717, 1.165) is 46.2 Å². The molecule has 0 spiro atoms. The van der Waals surface area contributed by atoms with Gasteiger partial charge in [-0.05, 0) is 43.2 Å². The first-order valence-corrected chi connectivity index (χ1v) is 10.5. The Morgan fingerprint density at radius 3 is 2.86 bits per heavy atom. The van der Waals surface area contributed by atoms with Crippen LogP contribution < -0.4 is 14.8 Å². The molecule has 1 amide bonds. The van der Waals surface area contributed by atoms with E-state index in [1.807, 2.05) is 36.4 Å². The normalized spacial score (nSPS) is 12.9. The van der Waals surface area contributed by atoms with Gasteiger partial charge < -0.3 is 19.4 Å². The minimum absolute atomic E-state index is 0.0113. The van der Waals surface area contributed by atoms with E-state index in [2.05, 4.69) is 27.9 Å². The molecule has 1 N–H and O–H groups in total. The van der Waals surface area contributed by atoms with Gasteiger partial charge in [0.15, 0.2) is 16.7 Å². The van der Waals surface area contributed by atoms with Gasteiger partial charge in [-0.3, -0.25) is 4.79 Å². The van der Waals surface area contributed by atoms with Gasteiger partial charge >= 0.3 is 0 Å². The highest BCUT2D eigenvalue weighted by Crippen LogP contribution is 2.30. The number of aromatic nitrogens is 2. The SMILES string of the molecule is CCn1c(SCC(=O)NCCc2ccc3c(c2)OCCO3)nc2ccccc21. The minimum atomic E-state index is 0.0113. The van der Waals surface area contributed by atoms with Crippen LogP contribution in [-0.4, -0.2) is 41.0 Å². The number of imidazole rings is 1. The number of thioether (sulfide) groups is 1. The van der Waals surface area contributed by atoms with Gasteiger partial charge in [-0.15, -0.1) is 0 Å². The average molecular weight is 398 g/mol. The third kappa shape index (κ3) is 4.09. The molecule has 2 heterocycles. The van der Waals surface area contributed by atoms with Gasteiger partial charge in [0.25, 0.3) is 0 Å². The third-order valence-corrected chi connectivity index (χ3v) is 5.59. The Bertz CT molecular complexity index is 986. The van der Waals surface area contributed by atoms with Crippen LogP contribution in [0.15, 0.2) is 47.6 Å². The van der Waals surface area contributed by atoms with Crippen molar-refractivity contribution in [3.05, 3.63) is 48.0 Å². The van der Waals surface area contributed by atoms with E-state index in [4.69, 9.17) is 9.47 Å². The van der Waals surface area contributed by atoms with Crippen molar-refractivity contribution in [3.8, 4) is 11.5 Å². The summed E-state index contributed by atoms with van der Waals surface area (Å²) in [7, 11) is 0. The number of nitrogens with zero attached hydrogens (tertiary/aromatic N) is 2. The Hall–Kier alpha value is -2.67. The first-order valence-electron chi connectivity index (χ1n) is 9.48. The summed E-state index contributed by atoms with van der Waals surface area (Å²) in [6, 6.07) is 14.0. The van der Waals surface area contributed by atoms with Gasteiger partial charge in [-0.1, -0.05) is 30.0 Å². The predicted molar refractivity (Wildman–Crippen MR) is 110 cm³/mol. The Kier molecular flexibility index (Phi) is 5.71. The van der Waals surface area contributed by atoms with E-state index in [0.29, 0.717) is 25.5 Å². The summed E-state index contributed by atoms with van der Waals surface area (Å²) in [6.45, 7) is 4.67. The van der Waals surface area contributed by atoms with Gasteiger partial charge in [0, 0.05) is 13.1 Å². The number of aryl methyl sites for hydroxylation is 1. The lowest BCUT2D eigenvalue weighted by Gasteiger charge is -2.18. The Morgan fingerprint density at radius 2 is 2.00 bits per heavy atom. The lowest BCUT2D eigenvalue weighted by atomic mass is 10.1. The summed E-state index contributed by atoms with van der Waals surface area (Å²) in [6.07, 6.45) is 0.751. The van der Waals surface area contributed by atoms with Crippen LogP contribution >= 0.6 is 11.8 Å². The molecule has 0 bridgehead atoms. The van der Waals surface area contributed by atoms with Crippen LogP contribution in [0, 0.1) is 0 Å². The van der Waals surface area contributed by atoms with Crippen LogP contribution in [0.4, 0.5) is 0 Å². The summed E-state index contributed by atoms with van der Waals surface area (Å²) < 4.78 is 13.3. The molecule has 0 unspecified atom stereocenters. The second-order valence-electron chi connectivity index (χ2n) is 6.49. The maximum Gasteiger partial charge on any atom is 0.230 e. The monoisotopic (exact) mass is 397 g/mol. The van der Waals surface area contributed by atoms with E-state index < -0.39 is 0 Å². The number of para-hydroxylation sites is 2. The van der Waals surface area contributed by atoms with Crippen molar-refractivity contribution in [2.24, 2.45) is 0 Å². The number of carbonyl (C=O) groups excluding carboxylic acids is 1. The molecule has 0 fully saturated rings. The van der Waals surface area contributed by atoms with Gasteiger partial charge in [-0.2, -0.15) is 0 Å². The van der Waals surface area contributed by atoms with E-state index >= 15 is 0 Å². The van der Waals surface area contributed by atoms with E-state index in [1.54, 1.807) is 0 Å². The lowest BCUT2D eigenvalue weighted by molar-refractivity contribution is -0.118. The largest absolute Gasteiger partial charge is 0.486 e. The van der Waals surface area contributed by atoms with Gasteiger partial charge in [0.2, 0.25) is 5.91 Å². The number of ether oxygens (including phenoxy) is 2. The maximum atomic E-state index is 12.2. The molecule has 0 aliphatic carbocycles. The molecule has 3 aromatic rings. The third-order valence-electron chi connectivity index (χ3n) is 4.61. The van der Waals surface area contributed by atoms with Crippen molar-refractivity contribution in [1.29, 1.82) is 0 Å². The molecule has 146 valence electrons. The molecular formula is C21H23N3O3S. The van der Waals surface area contributed by atoms with Crippen LogP contribution in [0.1, 0.15) is 12.5 Å². The molecule has 1 aliphatic heterocycles. The number of hydrogen-bond acceptors (Lipinski definition) is 5. The first kappa shape index (κ1) is 18.7. The molecule has 1 aliphatic rings. The summed E-state index contributed by atoms with van der Waals surface area (Å²) in [5.41, 5.74) is 3.18. The molecule has 7 heteroatoms. The highest BCUT2D eigenvalue weighted by molar-refractivity contribution is 7.99. The van der Waals surface area contributed by atoms with Crippen molar-refractivity contribution in [2.45, 2.75) is 25.0 Å². The maximum absolute atomic E-state index is 12.2. The molecule has 2 aromatic carbocycles. The predicted octanol–water partition coefficient (Wildman–Crippen LogP) is 3.28. The summed E-state index contributed by atoms with van der Waals surface area (Å²) in [5, 5.41) is 3.86. The van der Waals surface area contributed by atoms with E-state index in [1.165, 1.54) is 11.8 Å². The van der Waals surface area contributed by atoms with Crippen LogP contribution in [0.5, 0.6) is 11.5 Å². The molecule has 0 saturated carbocycles. The number of fused-ring (bicyclic) bond motifs is 2. The standard InChI is InChI=1S/C21H23N3O3S/c1-2-24-17-6-4-3-5-16(17)23-21(24)28-14-20(25)22-10-9-15-7-8-18-19(13-15)27-12-11-26-18/h3-8,13H,2,9-12,14H2,1H3,(H,22,25). The van der Waals surface area contributed by atoms with Crippen LogP contribution in [0.2, 0.25) is 0 Å². The Morgan fingerprint density at radius 1 is 1.18 bits per heavy atom. The zero-order valence-electron chi connectivity index (χ0n) is 15.8. The summed E-state index contributed by atoms with van der Waals surface area (Å²) >= 11 is 1.47. The number of benzene rings is 2. The topological polar surface area (TPSA) is 65.4 Å². The number of nitrogens with one attached hydrogen (secondary N) is 1. The number of amides is 1. The number of rotatable bonds is 7. The molecule has 0 atom stereocenters. The smallest absolute Gasteiger partial charge is 0.230 e. The highest BCUT2D eigenvalue weighted by Gasteiger charge is 2.13. The molecule has 1 aromatic heterocycles. The Labute approximate surface area is 168 Å². The fraction of sp³-hybridized carbons (Fsp3) is 0.333. The molecule has 28 heavy (non-hydrogen) atoms. The fourth-order valence-electron chi connectivity index (χ4n) is 3.24. The Balaban J connectivity index is 1.28.